The van der Waals surface area contributed by atoms with E-state index in [2.05, 4.69) is 5.32 Å². The molecule has 5 heteroatoms. The van der Waals surface area contributed by atoms with Crippen LogP contribution in [0, 0.1) is 0 Å². The predicted molar refractivity (Wildman–Crippen MR) is 87.1 cm³/mol. The van der Waals surface area contributed by atoms with Gasteiger partial charge in [0.15, 0.2) is 0 Å². The second-order valence-electron chi connectivity index (χ2n) is 4.95. The first kappa shape index (κ1) is 14.6. The lowest BCUT2D eigenvalue weighted by atomic mass is 10.1. The maximum Gasteiger partial charge on any atom is 0.255 e. The van der Waals surface area contributed by atoms with Crippen molar-refractivity contribution in [3.05, 3.63) is 78.1 Å². The van der Waals surface area contributed by atoms with Crippen LogP contribution in [0.5, 0.6) is 0 Å². The summed E-state index contributed by atoms with van der Waals surface area (Å²) in [7, 11) is 0. The Kier molecular flexibility index (Phi) is 3.93. The van der Waals surface area contributed by atoms with Gasteiger partial charge in [0.2, 0.25) is 5.91 Å². The van der Waals surface area contributed by atoms with Crippen molar-refractivity contribution >= 4 is 17.5 Å². The number of rotatable bonds is 4. The summed E-state index contributed by atoms with van der Waals surface area (Å²) in [5, 5.41) is 2.76. The lowest BCUT2D eigenvalue weighted by molar-refractivity contribution is 0.0998. The lowest BCUT2D eigenvalue weighted by Gasteiger charge is -2.06. The van der Waals surface area contributed by atoms with Gasteiger partial charge in [-0.05, 0) is 48.5 Å². The molecule has 0 atom stereocenters. The molecule has 0 radical (unpaired) electrons. The van der Waals surface area contributed by atoms with Gasteiger partial charge in [-0.2, -0.15) is 0 Å². The second kappa shape index (κ2) is 6.19. The van der Waals surface area contributed by atoms with E-state index in [0.29, 0.717) is 16.8 Å². The molecule has 114 valence electrons. The zero-order chi connectivity index (χ0) is 16.2. The molecule has 0 saturated heterocycles. The van der Waals surface area contributed by atoms with Gasteiger partial charge in [-0.25, -0.2) is 0 Å². The highest BCUT2D eigenvalue weighted by Crippen LogP contribution is 2.20. The fourth-order valence-electron chi connectivity index (χ4n) is 2.15. The molecule has 2 amide bonds. The fourth-order valence-corrected chi connectivity index (χ4v) is 2.15. The molecule has 1 aromatic heterocycles. The first-order valence-corrected chi connectivity index (χ1v) is 6.98. The summed E-state index contributed by atoms with van der Waals surface area (Å²) < 4.78 is 5.31. The summed E-state index contributed by atoms with van der Waals surface area (Å²) in [5.74, 6) is 0.0122. The molecular formula is C18H14N2O3. The van der Waals surface area contributed by atoms with Gasteiger partial charge in [0.05, 0.1) is 6.26 Å². The summed E-state index contributed by atoms with van der Waals surface area (Å²) in [6.07, 6.45) is 1.60. The lowest BCUT2D eigenvalue weighted by Crippen LogP contribution is -2.13. The van der Waals surface area contributed by atoms with E-state index in [9.17, 15) is 9.59 Å². The Bertz CT molecular complexity index is 820. The molecule has 0 spiro atoms. The molecule has 0 aliphatic heterocycles. The molecular weight excluding hydrogens is 292 g/mol. The topological polar surface area (TPSA) is 85.3 Å². The molecule has 0 unspecified atom stereocenters. The number of carbonyl (C=O) groups excluding carboxylic acids is 2. The summed E-state index contributed by atoms with van der Waals surface area (Å²) >= 11 is 0. The van der Waals surface area contributed by atoms with Gasteiger partial charge in [0.1, 0.15) is 5.76 Å². The highest BCUT2D eigenvalue weighted by molar-refractivity contribution is 6.04. The maximum atomic E-state index is 12.2. The first-order valence-electron chi connectivity index (χ1n) is 6.98. The number of hydrogen-bond donors (Lipinski definition) is 2. The SMILES string of the molecule is NC(=O)c1ccc(NC(=O)c2ccc(-c3ccco3)cc2)cc1. The molecule has 2 aromatic carbocycles. The first-order chi connectivity index (χ1) is 11.1. The van der Waals surface area contributed by atoms with Gasteiger partial charge in [-0.15, -0.1) is 0 Å². The van der Waals surface area contributed by atoms with E-state index in [1.54, 1.807) is 42.7 Å². The van der Waals surface area contributed by atoms with Crippen LogP contribution in [-0.4, -0.2) is 11.8 Å². The van der Waals surface area contributed by atoms with Crippen LogP contribution in [0.3, 0.4) is 0 Å². The molecule has 0 fully saturated rings. The number of amides is 2. The Hall–Kier alpha value is -3.34. The van der Waals surface area contributed by atoms with Crippen molar-refractivity contribution in [2.75, 3.05) is 5.32 Å². The summed E-state index contributed by atoms with van der Waals surface area (Å²) in [6, 6.07) is 17.2. The quantitative estimate of drug-likeness (QED) is 0.775. The van der Waals surface area contributed by atoms with Crippen LogP contribution in [0.1, 0.15) is 20.7 Å². The van der Waals surface area contributed by atoms with Gasteiger partial charge < -0.3 is 15.5 Å². The van der Waals surface area contributed by atoms with Crippen molar-refractivity contribution in [2.45, 2.75) is 0 Å². The van der Waals surface area contributed by atoms with Crippen LogP contribution in [0.4, 0.5) is 5.69 Å². The van der Waals surface area contributed by atoms with Crippen LogP contribution in [0.25, 0.3) is 11.3 Å². The standard InChI is InChI=1S/C18H14N2O3/c19-17(21)13-7-9-15(10-8-13)20-18(22)14-5-3-12(4-6-14)16-2-1-11-23-16/h1-11H,(H2,19,21)(H,20,22). The number of nitrogens with two attached hydrogens (primary N) is 1. The van der Waals surface area contributed by atoms with Crippen LogP contribution < -0.4 is 11.1 Å². The van der Waals surface area contributed by atoms with Crippen molar-refractivity contribution < 1.29 is 14.0 Å². The van der Waals surface area contributed by atoms with Crippen LogP contribution >= 0.6 is 0 Å². The Morgan fingerprint density at radius 2 is 1.52 bits per heavy atom. The van der Waals surface area contributed by atoms with Crippen LogP contribution in [0.2, 0.25) is 0 Å². The van der Waals surface area contributed by atoms with Crippen LogP contribution in [0.15, 0.2) is 71.3 Å². The maximum absolute atomic E-state index is 12.2. The Morgan fingerprint density at radius 3 is 2.09 bits per heavy atom. The van der Waals surface area contributed by atoms with E-state index in [1.807, 2.05) is 24.3 Å². The smallest absolute Gasteiger partial charge is 0.255 e. The molecule has 1 heterocycles. The second-order valence-corrected chi connectivity index (χ2v) is 4.95. The third kappa shape index (κ3) is 3.29. The molecule has 23 heavy (non-hydrogen) atoms. The Morgan fingerprint density at radius 1 is 0.870 bits per heavy atom. The van der Waals surface area contributed by atoms with Crippen molar-refractivity contribution in [2.24, 2.45) is 5.73 Å². The van der Waals surface area contributed by atoms with E-state index in [1.165, 1.54) is 0 Å². The summed E-state index contributed by atoms with van der Waals surface area (Å²) in [4.78, 5) is 23.2. The van der Waals surface area contributed by atoms with Gasteiger partial charge in [0, 0.05) is 22.4 Å². The van der Waals surface area contributed by atoms with E-state index in [-0.39, 0.29) is 5.91 Å². The minimum absolute atomic E-state index is 0.234. The van der Waals surface area contributed by atoms with Crippen molar-refractivity contribution in [3.63, 3.8) is 0 Å². The summed E-state index contributed by atoms with van der Waals surface area (Å²) in [6.45, 7) is 0. The highest BCUT2D eigenvalue weighted by Gasteiger charge is 2.08. The van der Waals surface area contributed by atoms with Crippen molar-refractivity contribution in [1.82, 2.24) is 0 Å². The minimum Gasteiger partial charge on any atom is -0.464 e. The fraction of sp³-hybridized carbons (Fsp3) is 0. The van der Waals surface area contributed by atoms with Gasteiger partial charge in [0.25, 0.3) is 5.91 Å². The zero-order valence-electron chi connectivity index (χ0n) is 12.2. The number of benzene rings is 2. The molecule has 5 nitrogen and oxygen atoms in total. The molecule has 0 saturated carbocycles. The monoisotopic (exact) mass is 306 g/mol. The van der Waals surface area contributed by atoms with Crippen molar-refractivity contribution in [1.29, 1.82) is 0 Å². The Balaban J connectivity index is 1.71. The molecule has 0 aliphatic rings. The average Bonchev–Trinajstić information content (AvgIpc) is 3.10. The van der Waals surface area contributed by atoms with E-state index >= 15 is 0 Å². The molecule has 3 rings (SSSR count). The molecule has 0 bridgehead atoms. The highest BCUT2D eigenvalue weighted by atomic mass is 16.3. The normalized spacial score (nSPS) is 10.3. The average molecular weight is 306 g/mol. The number of carbonyl (C=O) groups is 2. The molecule has 3 N–H and O–H groups in total. The number of hydrogen-bond acceptors (Lipinski definition) is 3. The van der Waals surface area contributed by atoms with Gasteiger partial charge in [-0.1, -0.05) is 12.1 Å². The third-order valence-electron chi connectivity index (χ3n) is 3.38. The van der Waals surface area contributed by atoms with E-state index in [4.69, 9.17) is 10.2 Å². The number of anilines is 1. The third-order valence-corrected chi connectivity index (χ3v) is 3.38. The molecule has 0 aliphatic carbocycles. The number of nitrogens with one attached hydrogen (secondary N) is 1. The molecule has 3 aromatic rings. The van der Waals surface area contributed by atoms with Gasteiger partial charge >= 0.3 is 0 Å². The number of primary amides is 1. The van der Waals surface area contributed by atoms with E-state index < -0.39 is 5.91 Å². The van der Waals surface area contributed by atoms with Gasteiger partial charge in [-0.3, -0.25) is 9.59 Å². The Labute approximate surface area is 132 Å². The van der Waals surface area contributed by atoms with E-state index in [0.717, 1.165) is 11.3 Å². The zero-order valence-corrected chi connectivity index (χ0v) is 12.2. The summed E-state index contributed by atoms with van der Waals surface area (Å²) in [5.41, 5.74) is 7.59. The predicted octanol–water partition coefficient (Wildman–Crippen LogP) is 3.30. The minimum atomic E-state index is -0.503. The number of furan rings is 1. The van der Waals surface area contributed by atoms with Crippen molar-refractivity contribution in [3.8, 4) is 11.3 Å². The largest absolute Gasteiger partial charge is 0.464 e. The van der Waals surface area contributed by atoms with Crippen LogP contribution in [-0.2, 0) is 0 Å².